The van der Waals surface area contributed by atoms with Crippen LogP contribution >= 0.6 is 0 Å². The van der Waals surface area contributed by atoms with Gasteiger partial charge in [0.15, 0.2) is 17.8 Å². The van der Waals surface area contributed by atoms with Crippen molar-refractivity contribution >= 4 is 24.2 Å². The molecule has 1 fully saturated rings. The van der Waals surface area contributed by atoms with Crippen molar-refractivity contribution in [1.29, 1.82) is 0 Å². The smallest absolute Gasteiger partial charge is 0.308 e. The number of carbonyl (C=O) groups excluding carboxylic acids is 4. The lowest BCUT2D eigenvalue weighted by molar-refractivity contribution is -0.206. The predicted molar refractivity (Wildman–Crippen MR) is 123 cm³/mol. The average molecular weight is 475 g/mol. The summed E-state index contributed by atoms with van der Waals surface area (Å²) in [5.41, 5.74) is 0.315. The molecule has 1 aliphatic heterocycles. The lowest BCUT2D eigenvalue weighted by Gasteiger charge is -2.57. The molecule has 0 saturated heterocycles. The number of ether oxygens (including phenoxy) is 4. The number of hydrogen-bond donors (Lipinski definition) is 0. The second-order valence-corrected chi connectivity index (χ2v) is 10.6. The summed E-state index contributed by atoms with van der Waals surface area (Å²) >= 11 is 0. The van der Waals surface area contributed by atoms with Crippen molar-refractivity contribution in [2.24, 2.45) is 11.3 Å². The fourth-order valence-corrected chi connectivity index (χ4v) is 6.09. The van der Waals surface area contributed by atoms with Gasteiger partial charge in [-0.1, -0.05) is 34.6 Å². The lowest BCUT2D eigenvalue weighted by Crippen LogP contribution is -2.59. The Kier molecular flexibility index (Phi) is 6.84. The van der Waals surface area contributed by atoms with Gasteiger partial charge in [-0.05, 0) is 30.2 Å². The molecule has 8 nitrogen and oxygen atoms in total. The van der Waals surface area contributed by atoms with E-state index in [0.29, 0.717) is 29.5 Å². The average Bonchev–Trinajstić information content (AvgIpc) is 2.65. The van der Waals surface area contributed by atoms with Gasteiger partial charge >= 0.3 is 17.9 Å². The zero-order valence-electron chi connectivity index (χ0n) is 21.1. The second kappa shape index (κ2) is 9.04. The highest BCUT2D eigenvalue weighted by molar-refractivity contribution is 5.84. The van der Waals surface area contributed by atoms with Crippen LogP contribution in [0.1, 0.15) is 95.6 Å². The molecule has 3 rings (SSSR count). The van der Waals surface area contributed by atoms with Gasteiger partial charge in [0.1, 0.15) is 6.10 Å². The van der Waals surface area contributed by atoms with Crippen molar-refractivity contribution in [2.75, 3.05) is 0 Å². The number of carbonyl (C=O) groups is 4. The Morgan fingerprint density at radius 3 is 2.15 bits per heavy atom. The van der Waals surface area contributed by atoms with E-state index in [1.165, 1.54) is 20.8 Å². The fraction of sp³-hybridized carbons (Fsp3) is 0.615. The van der Waals surface area contributed by atoms with Crippen LogP contribution in [0.3, 0.4) is 0 Å². The standard InChI is InChI=1S/C26H34O8/c1-13(2)19-9-17(12-27)20-22(21(19)32-15(4)29)34-24(33-16(5)30)23-25(6,7)10-18(31-14(3)28)11-26(20,23)8/h9,12-13,18,23-24H,10-11H2,1-8H3/t18-,23-,24-,26+/m0/s1. The Hall–Kier alpha value is -2.90. The lowest BCUT2D eigenvalue weighted by atomic mass is 9.51. The van der Waals surface area contributed by atoms with Crippen molar-refractivity contribution < 1.29 is 38.1 Å². The van der Waals surface area contributed by atoms with Crippen molar-refractivity contribution in [3.8, 4) is 11.5 Å². The van der Waals surface area contributed by atoms with E-state index in [-0.39, 0.29) is 23.3 Å². The van der Waals surface area contributed by atoms with Crippen LogP contribution in [-0.2, 0) is 29.3 Å². The van der Waals surface area contributed by atoms with Crippen LogP contribution < -0.4 is 9.47 Å². The molecular weight excluding hydrogens is 440 g/mol. The molecule has 1 saturated carbocycles. The molecule has 1 heterocycles. The number of aldehydes is 1. The van der Waals surface area contributed by atoms with E-state index in [2.05, 4.69) is 0 Å². The molecule has 0 unspecified atom stereocenters. The molecule has 4 atom stereocenters. The van der Waals surface area contributed by atoms with Crippen LogP contribution in [0.25, 0.3) is 0 Å². The van der Waals surface area contributed by atoms with Gasteiger partial charge in [0, 0.05) is 48.8 Å². The zero-order valence-corrected chi connectivity index (χ0v) is 21.1. The number of fused-ring (bicyclic) bond motifs is 3. The van der Waals surface area contributed by atoms with Crippen LogP contribution in [0.4, 0.5) is 0 Å². The van der Waals surface area contributed by atoms with Crippen LogP contribution in [-0.4, -0.2) is 36.6 Å². The summed E-state index contributed by atoms with van der Waals surface area (Å²) in [6, 6.07) is 1.73. The summed E-state index contributed by atoms with van der Waals surface area (Å²) in [5.74, 6) is -1.46. The summed E-state index contributed by atoms with van der Waals surface area (Å²) < 4.78 is 23.2. The van der Waals surface area contributed by atoms with Gasteiger partial charge in [0.05, 0.1) is 0 Å². The molecule has 1 aromatic carbocycles. The number of rotatable bonds is 5. The Balaban J connectivity index is 2.37. The fourth-order valence-electron chi connectivity index (χ4n) is 6.09. The molecule has 8 heteroatoms. The molecule has 0 bridgehead atoms. The van der Waals surface area contributed by atoms with Crippen LogP contribution in [0.5, 0.6) is 11.5 Å². The van der Waals surface area contributed by atoms with Gasteiger partial charge in [-0.25, -0.2) is 0 Å². The van der Waals surface area contributed by atoms with E-state index in [0.717, 1.165) is 6.29 Å². The summed E-state index contributed by atoms with van der Waals surface area (Å²) in [5, 5.41) is 0. The first-order valence-electron chi connectivity index (χ1n) is 11.6. The Morgan fingerprint density at radius 1 is 1.03 bits per heavy atom. The Morgan fingerprint density at radius 2 is 1.65 bits per heavy atom. The first-order chi connectivity index (χ1) is 15.7. The minimum atomic E-state index is -0.987. The van der Waals surface area contributed by atoms with Crippen LogP contribution in [0, 0.1) is 11.3 Å². The summed E-state index contributed by atoms with van der Waals surface area (Å²) in [6.07, 6.45) is 0.276. The van der Waals surface area contributed by atoms with Gasteiger partial charge in [-0.15, -0.1) is 0 Å². The van der Waals surface area contributed by atoms with Gasteiger partial charge in [0.25, 0.3) is 0 Å². The first-order valence-corrected chi connectivity index (χ1v) is 11.6. The van der Waals surface area contributed by atoms with Gasteiger partial charge in [-0.3, -0.25) is 19.2 Å². The maximum atomic E-state index is 12.3. The largest absolute Gasteiger partial charge is 0.463 e. The third-order valence-corrected chi connectivity index (χ3v) is 6.92. The van der Waals surface area contributed by atoms with Gasteiger partial charge in [-0.2, -0.15) is 0 Å². The minimum absolute atomic E-state index is 0.0868. The monoisotopic (exact) mass is 474 g/mol. The molecule has 2 aliphatic rings. The normalized spacial score (nSPS) is 27.0. The number of benzene rings is 1. The van der Waals surface area contributed by atoms with Crippen molar-refractivity contribution in [3.63, 3.8) is 0 Å². The molecule has 0 radical (unpaired) electrons. The summed E-state index contributed by atoms with van der Waals surface area (Å²) in [7, 11) is 0. The van der Waals surface area contributed by atoms with E-state index in [9.17, 15) is 19.2 Å². The highest BCUT2D eigenvalue weighted by Crippen LogP contribution is 2.62. The van der Waals surface area contributed by atoms with Gasteiger partial charge < -0.3 is 18.9 Å². The van der Waals surface area contributed by atoms with Gasteiger partial charge in [0.2, 0.25) is 6.29 Å². The maximum absolute atomic E-state index is 12.3. The highest BCUT2D eigenvalue weighted by Gasteiger charge is 2.61. The minimum Gasteiger partial charge on any atom is -0.463 e. The zero-order chi connectivity index (χ0) is 25.6. The quantitative estimate of drug-likeness (QED) is 0.350. The topological polar surface area (TPSA) is 105 Å². The molecular formula is C26H34O8. The molecule has 0 amide bonds. The Labute approximate surface area is 200 Å². The highest BCUT2D eigenvalue weighted by atomic mass is 16.7. The number of hydrogen-bond acceptors (Lipinski definition) is 8. The molecule has 0 N–H and O–H groups in total. The molecule has 186 valence electrons. The van der Waals surface area contributed by atoms with E-state index in [1.807, 2.05) is 34.6 Å². The molecule has 0 spiro atoms. The number of esters is 3. The second-order valence-electron chi connectivity index (χ2n) is 10.6. The van der Waals surface area contributed by atoms with Crippen LogP contribution in [0.15, 0.2) is 6.07 Å². The van der Waals surface area contributed by atoms with E-state index in [4.69, 9.17) is 18.9 Å². The summed E-state index contributed by atoms with van der Waals surface area (Å²) in [6.45, 7) is 13.8. The first kappa shape index (κ1) is 25.7. The maximum Gasteiger partial charge on any atom is 0.308 e. The SMILES string of the molecule is CC(=O)Oc1c(C(C)C)cc(C=O)c2c1O[C@H](OC(C)=O)[C@H]1C(C)(C)C[C@H](OC(C)=O)C[C@]21C. The predicted octanol–water partition coefficient (Wildman–Crippen LogP) is 4.46. The van der Waals surface area contributed by atoms with E-state index < -0.39 is 41.1 Å². The molecule has 1 aromatic rings. The van der Waals surface area contributed by atoms with Crippen molar-refractivity contribution in [2.45, 2.75) is 92.0 Å². The van der Waals surface area contributed by atoms with Crippen molar-refractivity contribution in [1.82, 2.24) is 0 Å². The van der Waals surface area contributed by atoms with Crippen LogP contribution in [0.2, 0.25) is 0 Å². The third-order valence-electron chi connectivity index (χ3n) is 6.92. The molecule has 0 aromatic heterocycles. The summed E-state index contributed by atoms with van der Waals surface area (Å²) in [4.78, 5) is 48.3. The molecule has 1 aliphatic carbocycles. The van der Waals surface area contributed by atoms with E-state index in [1.54, 1.807) is 6.07 Å². The van der Waals surface area contributed by atoms with E-state index >= 15 is 0 Å². The van der Waals surface area contributed by atoms with Crippen molar-refractivity contribution in [3.05, 3.63) is 22.8 Å². The Bertz CT molecular complexity index is 1020. The molecule has 34 heavy (non-hydrogen) atoms. The third kappa shape index (κ3) is 4.55.